The number of ether oxygens (including phenoxy) is 1. The van der Waals surface area contributed by atoms with Crippen molar-refractivity contribution in [1.29, 1.82) is 0 Å². The van der Waals surface area contributed by atoms with Crippen LogP contribution in [0.15, 0.2) is 72.0 Å². The van der Waals surface area contributed by atoms with E-state index < -0.39 is 0 Å². The van der Waals surface area contributed by atoms with Crippen LogP contribution < -0.4 is 10.4 Å². The van der Waals surface area contributed by atoms with Gasteiger partial charge in [0, 0.05) is 25.0 Å². The number of aryl methyl sites for hydroxylation is 1. The van der Waals surface area contributed by atoms with Gasteiger partial charge in [-0.2, -0.15) is 0 Å². The summed E-state index contributed by atoms with van der Waals surface area (Å²) in [6.45, 7) is 0. The van der Waals surface area contributed by atoms with E-state index in [1.54, 1.807) is 7.11 Å². The van der Waals surface area contributed by atoms with Crippen molar-refractivity contribution in [2.45, 2.75) is 0 Å². The second kappa shape index (κ2) is 6.26. The molecular weight excluding hydrogens is 274 g/mol. The fourth-order valence-electron chi connectivity index (χ4n) is 2.18. The topological polar surface area (TPSA) is 39.4 Å². The second-order valence-corrected chi connectivity index (χ2v) is 4.93. The highest BCUT2D eigenvalue weighted by molar-refractivity contribution is 5.62. The van der Waals surface area contributed by atoms with Gasteiger partial charge >= 0.3 is 0 Å². The fraction of sp³-hybridized carbons (Fsp3) is 0.111. The smallest absolute Gasteiger partial charge is 0.229 e. The molecule has 0 fully saturated rings. The maximum atomic E-state index is 5.18. The monoisotopic (exact) mass is 291 g/mol. The van der Waals surface area contributed by atoms with Crippen LogP contribution in [-0.2, 0) is 7.05 Å². The van der Waals surface area contributed by atoms with Crippen LogP contribution in [0.5, 0.6) is 5.75 Å². The zero-order chi connectivity index (χ0) is 15.4. The molecule has 1 heterocycles. The lowest BCUT2D eigenvalue weighted by Gasteiger charge is -2.06. The Morgan fingerprint density at radius 1 is 0.955 bits per heavy atom. The van der Waals surface area contributed by atoms with Crippen molar-refractivity contribution in [3.8, 4) is 16.9 Å². The molecule has 0 aliphatic rings. The third kappa shape index (κ3) is 3.06. The molecule has 4 heteroatoms. The van der Waals surface area contributed by atoms with Crippen LogP contribution in [0, 0.1) is 0 Å². The van der Waals surface area contributed by atoms with Gasteiger partial charge in [-0.25, -0.2) is 9.98 Å². The van der Waals surface area contributed by atoms with Gasteiger partial charge in [-0.05, 0) is 29.8 Å². The normalized spacial score (nSPS) is 11.5. The molecule has 4 nitrogen and oxygen atoms in total. The first-order valence-electron chi connectivity index (χ1n) is 7.03. The second-order valence-electron chi connectivity index (χ2n) is 4.93. The van der Waals surface area contributed by atoms with E-state index in [1.807, 2.05) is 78.6 Å². The van der Waals surface area contributed by atoms with E-state index in [-0.39, 0.29) is 0 Å². The SMILES string of the molecule is COc1ccc(-c2cnc(=Nc3ccccc3)n(C)c2)cc1. The molecule has 3 rings (SSSR count). The molecule has 2 aromatic carbocycles. The minimum Gasteiger partial charge on any atom is -0.497 e. The third-order valence-corrected chi connectivity index (χ3v) is 3.38. The Hall–Kier alpha value is -2.88. The predicted molar refractivity (Wildman–Crippen MR) is 86.9 cm³/mol. The summed E-state index contributed by atoms with van der Waals surface area (Å²) in [5, 5.41) is 0. The molecular formula is C18H17N3O. The summed E-state index contributed by atoms with van der Waals surface area (Å²) in [4.78, 5) is 8.99. The molecule has 0 atom stereocenters. The van der Waals surface area contributed by atoms with E-state index in [1.165, 1.54) is 0 Å². The summed E-state index contributed by atoms with van der Waals surface area (Å²) in [6.07, 6.45) is 3.86. The number of hydrogen-bond donors (Lipinski definition) is 0. The summed E-state index contributed by atoms with van der Waals surface area (Å²) in [5.74, 6) is 0.844. The van der Waals surface area contributed by atoms with Gasteiger partial charge in [0.15, 0.2) is 0 Å². The maximum Gasteiger partial charge on any atom is 0.229 e. The van der Waals surface area contributed by atoms with Crippen LogP contribution in [0.25, 0.3) is 11.1 Å². The highest BCUT2D eigenvalue weighted by Gasteiger charge is 2.00. The molecule has 22 heavy (non-hydrogen) atoms. The Bertz CT molecular complexity index is 821. The van der Waals surface area contributed by atoms with E-state index in [9.17, 15) is 0 Å². The summed E-state index contributed by atoms with van der Waals surface area (Å²) in [6, 6.07) is 17.7. The number of aromatic nitrogens is 2. The molecule has 0 saturated carbocycles. The van der Waals surface area contributed by atoms with Gasteiger partial charge < -0.3 is 9.30 Å². The Balaban J connectivity index is 1.96. The van der Waals surface area contributed by atoms with Gasteiger partial charge in [-0.1, -0.05) is 30.3 Å². The Morgan fingerprint density at radius 2 is 1.68 bits per heavy atom. The largest absolute Gasteiger partial charge is 0.497 e. The van der Waals surface area contributed by atoms with Gasteiger partial charge in [0.05, 0.1) is 12.8 Å². The van der Waals surface area contributed by atoms with Gasteiger partial charge in [-0.15, -0.1) is 0 Å². The van der Waals surface area contributed by atoms with Gasteiger partial charge in [0.1, 0.15) is 5.75 Å². The van der Waals surface area contributed by atoms with Crippen molar-refractivity contribution in [1.82, 2.24) is 9.55 Å². The number of benzene rings is 2. The van der Waals surface area contributed by atoms with Gasteiger partial charge in [0.25, 0.3) is 0 Å². The Kier molecular flexibility index (Phi) is 4.01. The van der Waals surface area contributed by atoms with Crippen LogP contribution in [0.2, 0.25) is 0 Å². The van der Waals surface area contributed by atoms with E-state index in [2.05, 4.69) is 9.98 Å². The van der Waals surface area contributed by atoms with Crippen molar-refractivity contribution in [3.05, 3.63) is 72.6 Å². The number of rotatable bonds is 3. The van der Waals surface area contributed by atoms with Crippen molar-refractivity contribution >= 4 is 5.69 Å². The molecule has 0 bridgehead atoms. The average Bonchev–Trinajstić information content (AvgIpc) is 2.58. The van der Waals surface area contributed by atoms with Gasteiger partial charge in [-0.3, -0.25) is 0 Å². The summed E-state index contributed by atoms with van der Waals surface area (Å²) >= 11 is 0. The van der Waals surface area contributed by atoms with Crippen molar-refractivity contribution in [2.24, 2.45) is 12.0 Å². The predicted octanol–water partition coefficient (Wildman–Crippen LogP) is 3.33. The molecule has 3 aromatic rings. The lowest BCUT2D eigenvalue weighted by Crippen LogP contribution is -2.20. The molecule has 0 aliphatic heterocycles. The van der Waals surface area contributed by atoms with E-state index in [4.69, 9.17) is 4.74 Å². The number of nitrogens with zero attached hydrogens (tertiary/aromatic N) is 3. The number of hydrogen-bond acceptors (Lipinski definition) is 3. The quantitative estimate of drug-likeness (QED) is 0.742. The van der Waals surface area contributed by atoms with Crippen LogP contribution >= 0.6 is 0 Å². The number of para-hydroxylation sites is 1. The van der Waals surface area contributed by atoms with E-state index in [0.29, 0.717) is 5.62 Å². The molecule has 0 amide bonds. The van der Waals surface area contributed by atoms with Crippen molar-refractivity contribution in [2.75, 3.05) is 7.11 Å². The van der Waals surface area contributed by atoms with Crippen LogP contribution in [0.4, 0.5) is 5.69 Å². The zero-order valence-corrected chi connectivity index (χ0v) is 12.6. The lowest BCUT2D eigenvalue weighted by molar-refractivity contribution is 0.415. The van der Waals surface area contributed by atoms with Crippen molar-refractivity contribution in [3.63, 3.8) is 0 Å². The minimum atomic E-state index is 0.670. The summed E-state index contributed by atoms with van der Waals surface area (Å²) < 4.78 is 7.10. The standard InChI is InChI=1S/C18H17N3O/c1-21-13-15(14-8-10-17(22-2)11-9-14)12-19-18(21)20-16-6-4-3-5-7-16/h3-13H,1-2H3. The molecule has 0 radical (unpaired) electrons. The first kappa shape index (κ1) is 14.1. The molecule has 1 aromatic heterocycles. The zero-order valence-electron chi connectivity index (χ0n) is 12.6. The Morgan fingerprint density at radius 3 is 2.32 bits per heavy atom. The van der Waals surface area contributed by atoms with Crippen LogP contribution in [0.3, 0.4) is 0 Å². The molecule has 110 valence electrons. The van der Waals surface area contributed by atoms with Crippen LogP contribution in [-0.4, -0.2) is 16.7 Å². The van der Waals surface area contributed by atoms with Crippen LogP contribution in [0.1, 0.15) is 0 Å². The van der Waals surface area contributed by atoms with Crippen molar-refractivity contribution < 1.29 is 4.74 Å². The first-order valence-corrected chi connectivity index (χ1v) is 7.03. The van der Waals surface area contributed by atoms with E-state index >= 15 is 0 Å². The summed E-state index contributed by atoms with van der Waals surface area (Å²) in [5.41, 5.74) is 3.69. The van der Waals surface area contributed by atoms with Gasteiger partial charge in [0.2, 0.25) is 5.62 Å². The maximum absolute atomic E-state index is 5.18. The Labute approximate surface area is 129 Å². The van der Waals surface area contributed by atoms with E-state index in [0.717, 1.165) is 22.6 Å². The highest BCUT2D eigenvalue weighted by Crippen LogP contribution is 2.20. The molecule has 0 aliphatic carbocycles. The highest BCUT2D eigenvalue weighted by atomic mass is 16.5. The molecule has 0 saturated heterocycles. The third-order valence-electron chi connectivity index (χ3n) is 3.38. The molecule has 0 spiro atoms. The molecule has 0 unspecified atom stereocenters. The minimum absolute atomic E-state index is 0.670. The number of methoxy groups -OCH3 is 1. The first-order chi connectivity index (χ1) is 10.8. The molecule has 0 N–H and O–H groups in total. The average molecular weight is 291 g/mol. The summed E-state index contributed by atoms with van der Waals surface area (Å²) in [7, 11) is 3.61. The lowest BCUT2D eigenvalue weighted by atomic mass is 10.1. The fourth-order valence-corrected chi connectivity index (χ4v) is 2.18.